The van der Waals surface area contributed by atoms with Crippen LogP contribution in [0.3, 0.4) is 0 Å². The van der Waals surface area contributed by atoms with Crippen LogP contribution in [0.15, 0.2) is 85.3 Å². The molecule has 0 radical (unpaired) electrons. The van der Waals surface area contributed by atoms with Gasteiger partial charge in [-0.3, -0.25) is 9.78 Å². The molecule has 0 fully saturated rings. The van der Waals surface area contributed by atoms with Gasteiger partial charge in [0.25, 0.3) is 0 Å². The highest BCUT2D eigenvalue weighted by atomic mass is 16.1. The maximum atomic E-state index is 11.8. The number of carbonyl (C=O) groups is 1. The standard InChI is InChI=1S/C26H20N6O/c1-2-24(33)31-23-15-22(28-16-29-23)26-30-21-13-6-5-11-19(21)25(32-26)18-10-4-3-9-17(18)20-12-7-8-14-27-20/h3-16H,2H2,1H3,(H,28,29,31,33). The van der Waals surface area contributed by atoms with Crippen LogP contribution in [0.25, 0.3) is 44.9 Å². The number of fused-ring (bicyclic) bond motifs is 1. The lowest BCUT2D eigenvalue weighted by atomic mass is 9.98. The average molecular weight is 432 g/mol. The monoisotopic (exact) mass is 432 g/mol. The second-order valence-electron chi connectivity index (χ2n) is 7.36. The fourth-order valence-electron chi connectivity index (χ4n) is 3.61. The molecule has 0 saturated heterocycles. The van der Waals surface area contributed by atoms with Gasteiger partial charge in [0.05, 0.1) is 16.9 Å². The number of pyridine rings is 1. The number of hydrogen-bond acceptors (Lipinski definition) is 6. The van der Waals surface area contributed by atoms with E-state index in [-0.39, 0.29) is 5.91 Å². The number of benzene rings is 2. The maximum absolute atomic E-state index is 11.8. The van der Waals surface area contributed by atoms with Gasteiger partial charge in [0, 0.05) is 35.2 Å². The molecular formula is C26H20N6O. The Labute approximate surface area is 190 Å². The molecule has 0 aliphatic carbocycles. The van der Waals surface area contributed by atoms with Crippen LogP contribution in [0.1, 0.15) is 13.3 Å². The van der Waals surface area contributed by atoms with Gasteiger partial charge in [-0.25, -0.2) is 19.9 Å². The third-order valence-electron chi connectivity index (χ3n) is 5.21. The van der Waals surface area contributed by atoms with Crippen molar-refractivity contribution in [2.24, 2.45) is 0 Å². The molecule has 5 rings (SSSR count). The number of hydrogen-bond donors (Lipinski definition) is 1. The number of nitrogens with zero attached hydrogens (tertiary/aromatic N) is 5. The fourth-order valence-corrected chi connectivity index (χ4v) is 3.61. The van der Waals surface area contributed by atoms with Gasteiger partial charge in [0.1, 0.15) is 17.8 Å². The summed E-state index contributed by atoms with van der Waals surface area (Å²) in [4.78, 5) is 34.5. The second-order valence-corrected chi connectivity index (χ2v) is 7.36. The summed E-state index contributed by atoms with van der Waals surface area (Å²) in [5.41, 5.74) is 4.90. The maximum Gasteiger partial charge on any atom is 0.225 e. The highest BCUT2D eigenvalue weighted by Gasteiger charge is 2.16. The molecule has 0 atom stereocenters. The zero-order valence-electron chi connectivity index (χ0n) is 17.9. The normalized spacial score (nSPS) is 10.8. The molecule has 7 heteroatoms. The number of carbonyl (C=O) groups excluding carboxylic acids is 1. The minimum absolute atomic E-state index is 0.121. The van der Waals surface area contributed by atoms with Crippen LogP contribution >= 0.6 is 0 Å². The number of para-hydroxylation sites is 1. The lowest BCUT2D eigenvalue weighted by Crippen LogP contribution is -2.11. The van der Waals surface area contributed by atoms with E-state index in [1.165, 1.54) is 6.33 Å². The Hall–Kier alpha value is -4.52. The molecule has 0 aliphatic heterocycles. The fraction of sp³-hybridized carbons (Fsp3) is 0.0769. The first-order chi connectivity index (χ1) is 16.2. The molecule has 0 bridgehead atoms. The van der Waals surface area contributed by atoms with E-state index in [1.54, 1.807) is 19.2 Å². The van der Waals surface area contributed by atoms with Crippen molar-refractivity contribution in [3.05, 3.63) is 85.3 Å². The first kappa shape index (κ1) is 20.4. The Morgan fingerprint density at radius 3 is 2.42 bits per heavy atom. The first-order valence-corrected chi connectivity index (χ1v) is 10.6. The van der Waals surface area contributed by atoms with E-state index >= 15 is 0 Å². The van der Waals surface area contributed by atoms with Gasteiger partial charge in [-0.1, -0.05) is 55.5 Å². The van der Waals surface area contributed by atoms with Gasteiger partial charge in [0.15, 0.2) is 5.82 Å². The summed E-state index contributed by atoms with van der Waals surface area (Å²) in [6.07, 6.45) is 3.55. The summed E-state index contributed by atoms with van der Waals surface area (Å²) < 4.78 is 0. The number of anilines is 1. The summed E-state index contributed by atoms with van der Waals surface area (Å²) in [5.74, 6) is 0.747. The van der Waals surface area contributed by atoms with Gasteiger partial charge in [-0.15, -0.1) is 0 Å². The number of aromatic nitrogens is 5. The Kier molecular flexibility index (Phi) is 5.51. The van der Waals surface area contributed by atoms with E-state index in [1.807, 2.05) is 66.7 Å². The Morgan fingerprint density at radius 1 is 0.818 bits per heavy atom. The van der Waals surface area contributed by atoms with Gasteiger partial charge in [-0.05, 0) is 18.2 Å². The lowest BCUT2D eigenvalue weighted by molar-refractivity contribution is -0.115. The Bertz CT molecular complexity index is 1450. The highest BCUT2D eigenvalue weighted by Crippen LogP contribution is 2.34. The average Bonchev–Trinajstić information content (AvgIpc) is 2.88. The molecule has 0 spiro atoms. The molecule has 1 amide bonds. The molecule has 33 heavy (non-hydrogen) atoms. The zero-order valence-corrected chi connectivity index (χ0v) is 17.9. The van der Waals surface area contributed by atoms with Gasteiger partial charge in [0.2, 0.25) is 5.91 Å². The predicted molar refractivity (Wildman–Crippen MR) is 128 cm³/mol. The minimum Gasteiger partial charge on any atom is -0.311 e. The molecular weight excluding hydrogens is 412 g/mol. The van der Waals surface area contributed by atoms with E-state index in [2.05, 4.69) is 20.3 Å². The summed E-state index contributed by atoms with van der Waals surface area (Å²) in [5, 5.41) is 3.69. The summed E-state index contributed by atoms with van der Waals surface area (Å²) in [7, 11) is 0. The van der Waals surface area contributed by atoms with Crippen LogP contribution < -0.4 is 5.32 Å². The number of nitrogens with one attached hydrogen (secondary N) is 1. The molecule has 3 aromatic heterocycles. The molecule has 7 nitrogen and oxygen atoms in total. The van der Waals surface area contributed by atoms with Crippen LogP contribution in [0.5, 0.6) is 0 Å². The van der Waals surface area contributed by atoms with Crippen molar-refractivity contribution < 1.29 is 4.79 Å². The summed E-state index contributed by atoms with van der Waals surface area (Å²) in [6.45, 7) is 1.79. The molecule has 3 heterocycles. The largest absolute Gasteiger partial charge is 0.311 e. The number of amides is 1. The van der Waals surface area contributed by atoms with Crippen molar-refractivity contribution in [3.63, 3.8) is 0 Å². The van der Waals surface area contributed by atoms with E-state index < -0.39 is 0 Å². The minimum atomic E-state index is -0.121. The van der Waals surface area contributed by atoms with Crippen molar-refractivity contribution in [2.75, 3.05) is 5.32 Å². The van der Waals surface area contributed by atoms with Crippen LogP contribution in [0.4, 0.5) is 5.82 Å². The smallest absolute Gasteiger partial charge is 0.225 e. The molecule has 0 aliphatic rings. The predicted octanol–water partition coefficient (Wildman–Crippen LogP) is 5.16. The molecule has 2 aromatic carbocycles. The van der Waals surface area contributed by atoms with Gasteiger partial charge in [-0.2, -0.15) is 0 Å². The van der Waals surface area contributed by atoms with E-state index in [4.69, 9.17) is 9.97 Å². The Balaban J connectivity index is 1.70. The molecule has 5 aromatic rings. The lowest BCUT2D eigenvalue weighted by Gasteiger charge is -2.13. The highest BCUT2D eigenvalue weighted by molar-refractivity contribution is 5.97. The van der Waals surface area contributed by atoms with Crippen LogP contribution in [-0.4, -0.2) is 30.8 Å². The third-order valence-corrected chi connectivity index (χ3v) is 5.21. The zero-order chi connectivity index (χ0) is 22.6. The quantitative estimate of drug-likeness (QED) is 0.412. The summed E-state index contributed by atoms with van der Waals surface area (Å²) >= 11 is 0. The van der Waals surface area contributed by atoms with Crippen molar-refractivity contribution in [1.82, 2.24) is 24.9 Å². The Morgan fingerprint density at radius 2 is 1.61 bits per heavy atom. The van der Waals surface area contributed by atoms with Crippen molar-refractivity contribution in [2.45, 2.75) is 13.3 Å². The van der Waals surface area contributed by atoms with Gasteiger partial charge < -0.3 is 5.32 Å². The molecule has 0 saturated carbocycles. The molecule has 1 N–H and O–H groups in total. The third kappa shape index (κ3) is 4.16. The second kappa shape index (κ2) is 8.92. The first-order valence-electron chi connectivity index (χ1n) is 10.6. The van der Waals surface area contributed by atoms with Crippen LogP contribution in [0, 0.1) is 0 Å². The molecule has 160 valence electrons. The molecule has 0 unspecified atom stereocenters. The van der Waals surface area contributed by atoms with E-state index in [0.29, 0.717) is 23.8 Å². The topological polar surface area (TPSA) is 93.6 Å². The SMILES string of the molecule is CCC(=O)Nc1cc(-c2nc(-c3ccccc3-c3ccccn3)c3ccccc3n2)ncn1. The van der Waals surface area contributed by atoms with Crippen LogP contribution in [-0.2, 0) is 4.79 Å². The van der Waals surface area contributed by atoms with Gasteiger partial charge >= 0.3 is 0 Å². The van der Waals surface area contributed by atoms with Crippen molar-refractivity contribution >= 4 is 22.6 Å². The van der Waals surface area contributed by atoms with E-state index in [9.17, 15) is 4.79 Å². The van der Waals surface area contributed by atoms with Crippen LogP contribution in [0.2, 0.25) is 0 Å². The summed E-state index contributed by atoms with van der Waals surface area (Å²) in [6, 6.07) is 23.5. The number of rotatable bonds is 5. The van der Waals surface area contributed by atoms with Crippen molar-refractivity contribution in [3.8, 4) is 34.0 Å². The van der Waals surface area contributed by atoms with E-state index in [0.717, 1.165) is 33.4 Å². The van der Waals surface area contributed by atoms with Crippen molar-refractivity contribution in [1.29, 1.82) is 0 Å².